The Morgan fingerprint density at radius 2 is 1.89 bits per heavy atom. The molecule has 4 heteroatoms. The van der Waals surface area contributed by atoms with Gasteiger partial charge in [0.15, 0.2) is 0 Å². The smallest absolute Gasteiger partial charge is 0.248 e. The van der Waals surface area contributed by atoms with Crippen LogP contribution in [0.5, 0.6) is 0 Å². The van der Waals surface area contributed by atoms with Gasteiger partial charge in [-0.1, -0.05) is 36.4 Å². The first-order valence-corrected chi connectivity index (χ1v) is 9.65. The van der Waals surface area contributed by atoms with E-state index >= 15 is 0 Å². The second-order valence-corrected chi connectivity index (χ2v) is 7.33. The summed E-state index contributed by atoms with van der Waals surface area (Å²) in [4.78, 5) is 15.2. The molecule has 0 unspecified atom stereocenters. The number of rotatable bonds is 4. The van der Waals surface area contributed by atoms with Crippen molar-refractivity contribution in [3.05, 3.63) is 70.8 Å². The number of nitrogens with zero attached hydrogens (tertiary/aromatic N) is 1. The lowest BCUT2D eigenvalue weighted by molar-refractivity contribution is -0.118. The van der Waals surface area contributed by atoms with Crippen molar-refractivity contribution in [2.45, 2.75) is 26.3 Å². The van der Waals surface area contributed by atoms with Crippen molar-refractivity contribution in [1.82, 2.24) is 5.32 Å². The van der Waals surface area contributed by atoms with Crippen LogP contribution in [0.15, 0.2) is 54.1 Å². The molecule has 1 aliphatic heterocycles. The second-order valence-electron chi connectivity index (χ2n) is 7.33. The third kappa shape index (κ3) is 3.62. The number of amides is 1. The largest absolute Gasteiger partial charge is 0.378 e. The zero-order chi connectivity index (χ0) is 18.8. The number of nitrogens with one attached hydrogen (secondary N) is 1. The summed E-state index contributed by atoms with van der Waals surface area (Å²) in [5.41, 5.74) is 6.73. The molecule has 0 spiro atoms. The first kappa shape index (κ1) is 17.8. The fraction of sp³-hybridized carbons (Fsp3) is 0.348. The lowest BCUT2D eigenvalue weighted by Gasteiger charge is -2.29. The monoisotopic (exact) mass is 362 g/mol. The first-order valence-electron chi connectivity index (χ1n) is 9.65. The molecule has 4 rings (SSSR count). The number of carbonyl (C=O) groups is 1. The number of anilines is 1. The van der Waals surface area contributed by atoms with E-state index in [9.17, 15) is 4.79 Å². The number of ether oxygens (including phenoxy) is 1. The highest BCUT2D eigenvalue weighted by Gasteiger charge is 2.24. The van der Waals surface area contributed by atoms with E-state index in [0.717, 1.165) is 43.0 Å². The lowest BCUT2D eigenvalue weighted by Crippen LogP contribution is -2.36. The Morgan fingerprint density at radius 3 is 2.67 bits per heavy atom. The van der Waals surface area contributed by atoms with E-state index in [4.69, 9.17) is 4.74 Å². The van der Waals surface area contributed by atoms with E-state index < -0.39 is 0 Å². The lowest BCUT2D eigenvalue weighted by atomic mass is 10.1. The van der Waals surface area contributed by atoms with Crippen LogP contribution in [0.4, 0.5) is 5.69 Å². The van der Waals surface area contributed by atoms with Gasteiger partial charge in [-0.2, -0.15) is 0 Å². The summed E-state index contributed by atoms with van der Waals surface area (Å²) in [5.74, 6) is 0.0352. The Balaban J connectivity index is 1.47. The van der Waals surface area contributed by atoms with Crippen LogP contribution in [0.2, 0.25) is 0 Å². The van der Waals surface area contributed by atoms with Gasteiger partial charge in [-0.3, -0.25) is 4.79 Å². The highest BCUT2D eigenvalue weighted by molar-refractivity contribution is 6.03. The van der Waals surface area contributed by atoms with Gasteiger partial charge in [0.25, 0.3) is 0 Å². The van der Waals surface area contributed by atoms with Gasteiger partial charge < -0.3 is 15.0 Å². The summed E-state index contributed by atoms with van der Waals surface area (Å²) in [7, 11) is 0. The molecule has 2 aromatic carbocycles. The van der Waals surface area contributed by atoms with Crippen molar-refractivity contribution in [3.63, 3.8) is 0 Å². The van der Waals surface area contributed by atoms with Crippen molar-refractivity contribution < 1.29 is 9.53 Å². The molecule has 4 nitrogen and oxygen atoms in total. The summed E-state index contributed by atoms with van der Waals surface area (Å²) in [5, 5.41) is 3.19. The topological polar surface area (TPSA) is 41.6 Å². The molecular weight excluding hydrogens is 336 g/mol. The second kappa shape index (κ2) is 7.57. The molecule has 1 atom stereocenters. The maximum Gasteiger partial charge on any atom is 0.248 e. The van der Waals surface area contributed by atoms with E-state index in [0.29, 0.717) is 6.42 Å². The fourth-order valence-corrected chi connectivity index (χ4v) is 3.96. The molecule has 1 aliphatic carbocycles. The van der Waals surface area contributed by atoms with Crippen molar-refractivity contribution in [1.29, 1.82) is 0 Å². The van der Waals surface area contributed by atoms with Gasteiger partial charge in [-0.05, 0) is 48.2 Å². The minimum atomic E-state index is -0.0393. The molecule has 27 heavy (non-hydrogen) atoms. The standard InChI is InChI=1S/C23H26N2O2/c1-16-21-9-4-3-6-19(21)15-22(16)23(26)24-17(2)18-7-5-8-20(14-18)25-10-12-27-13-11-25/h3-9,14,17H,10-13,15H2,1-2H3,(H,24,26)/t17-/m0/s1. The fourth-order valence-electron chi connectivity index (χ4n) is 3.96. The summed E-state index contributed by atoms with van der Waals surface area (Å²) in [6, 6.07) is 16.7. The molecule has 0 bridgehead atoms. The molecule has 1 saturated heterocycles. The number of carbonyl (C=O) groups excluding carboxylic acids is 1. The Morgan fingerprint density at radius 1 is 1.11 bits per heavy atom. The summed E-state index contributed by atoms with van der Waals surface area (Å²) >= 11 is 0. The molecule has 140 valence electrons. The predicted molar refractivity (Wildman–Crippen MR) is 109 cm³/mol. The van der Waals surface area contributed by atoms with E-state index in [1.54, 1.807) is 0 Å². The minimum absolute atomic E-state index is 0.0352. The molecule has 2 aliphatic rings. The maximum absolute atomic E-state index is 12.9. The summed E-state index contributed by atoms with van der Waals surface area (Å²) in [6.07, 6.45) is 0.717. The number of hydrogen-bond donors (Lipinski definition) is 1. The van der Waals surface area contributed by atoms with E-state index in [1.807, 2.05) is 26.0 Å². The van der Waals surface area contributed by atoms with Gasteiger partial charge in [-0.15, -0.1) is 0 Å². The van der Waals surface area contributed by atoms with Crippen LogP contribution in [0, 0.1) is 0 Å². The first-order chi connectivity index (χ1) is 13.1. The Bertz CT molecular complexity index is 881. The van der Waals surface area contributed by atoms with Crippen LogP contribution >= 0.6 is 0 Å². The number of allylic oxidation sites excluding steroid dienone is 1. The molecular formula is C23H26N2O2. The summed E-state index contributed by atoms with van der Waals surface area (Å²) < 4.78 is 5.44. The number of fused-ring (bicyclic) bond motifs is 1. The van der Waals surface area contributed by atoms with Gasteiger partial charge in [-0.25, -0.2) is 0 Å². The number of morpholine rings is 1. The number of benzene rings is 2. The normalized spacial score (nSPS) is 17.6. The average molecular weight is 362 g/mol. The Hall–Kier alpha value is -2.59. The minimum Gasteiger partial charge on any atom is -0.378 e. The van der Waals surface area contributed by atoms with Crippen LogP contribution in [-0.2, 0) is 16.0 Å². The van der Waals surface area contributed by atoms with E-state index in [-0.39, 0.29) is 11.9 Å². The summed E-state index contributed by atoms with van der Waals surface area (Å²) in [6.45, 7) is 7.46. The molecule has 1 fully saturated rings. The molecule has 1 amide bonds. The van der Waals surface area contributed by atoms with Crippen LogP contribution in [0.3, 0.4) is 0 Å². The van der Waals surface area contributed by atoms with Gasteiger partial charge in [0.2, 0.25) is 5.91 Å². The van der Waals surface area contributed by atoms with E-state index in [1.165, 1.54) is 16.8 Å². The number of hydrogen-bond acceptors (Lipinski definition) is 3. The van der Waals surface area contributed by atoms with E-state index in [2.05, 4.69) is 46.6 Å². The van der Waals surface area contributed by atoms with Gasteiger partial charge >= 0.3 is 0 Å². The van der Waals surface area contributed by atoms with Gasteiger partial charge in [0, 0.05) is 30.8 Å². The Kier molecular flexibility index (Phi) is 4.99. The van der Waals surface area contributed by atoms with Crippen molar-refractivity contribution >= 4 is 17.2 Å². The molecule has 0 radical (unpaired) electrons. The Labute approximate surface area is 160 Å². The predicted octanol–water partition coefficient (Wildman–Crippen LogP) is 3.73. The zero-order valence-corrected chi connectivity index (χ0v) is 16.0. The average Bonchev–Trinajstić information content (AvgIpc) is 3.06. The molecule has 0 saturated carbocycles. The van der Waals surface area contributed by atoms with Crippen LogP contribution in [-0.4, -0.2) is 32.2 Å². The molecule has 1 N–H and O–H groups in total. The van der Waals surface area contributed by atoms with Crippen LogP contribution < -0.4 is 10.2 Å². The molecule has 1 heterocycles. The quantitative estimate of drug-likeness (QED) is 0.901. The van der Waals surface area contributed by atoms with Crippen LogP contribution in [0.1, 0.15) is 36.6 Å². The third-order valence-electron chi connectivity index (χ3n) is 5.61. The van der Waals surface area contributed by atoms with Gasteiger partial charge in [0.05, 0.1) is 19.3 Å². The van der Waals surface area contributed by atoms with Crippen LogP contribution in [0.25, 0.3) is 5.57 Å². The zero-order valence-electron chi connectivity index (χ0n) is 16.0. The molecule has 2 aromatic rings. The highest BCUT2D eigenvalue weighted by atomic mass is 16.5. The van der Waals surface area contributed by atoms with Crippen molar-refractivity contribution in [3.8, 4) is 0 Å². The van der Waals surface area contributed by atoms with Gasteiger partial charge in [0.1, 0.15) is 0 Å². The SMILES string of the molecule is CC1=C(C(=O)N[C@@H](C)c2cccc(N3CCOCC3)c2)Cc2ccccc21. The van der Waals surface area contributed by atoms with Crippen molar-refractivity contribution in [2.24, 2.45) is 0 Å². The third-order valence-corrected chi connectivity index (χ3v) is 5.61. The molecule has 0 aromatic heterocycles. The van der Waals surface area contributed by atoms with Crippen molar-refractivity contribution in [2.75, 3.05) is 31.2 Å². The highest BCUT2D eigenvalue weighted by Crippen LogP contribution is 2.32. The maximum atomic E-state index is 12.9.